The third kappa shape index (κ3) is 1.23. The van der Waals surface area contributed by atoms with Crippen molar-refractivity contribution in [1.82, 2.24) is 0 Å². The van der Waals surface area contributed by atoms with Crippen molar-refractivity contribution >= 4 is 6.29 Å². The summed E-state index contributed by atoms with van der Waals surface area (Å²) in [6.07, 6.45) is 5.41. The van der Waals surface area contributed by atoms with Gasteiger partial charge in [-0.3, -0.25) is 0 Å². The summed E-state index contributed by atoms with van der Waals surface area (Å²) in [5.74, 6) is 0.886. The average Bonchev–Trinajstić information content (AvgIpc) is 2.12. The fourth-order valence-corrected chi connectivity index (χ4v) is 4.50. The van der Waals surface area contributed by atoms with Crippen molar-refractivity contribution in [2.24, 2.45) is 17.8 Å². The normalized spacial score (nSPS) is 57.1. The van der Waals surface area contributed by atoms with Gasteiger partial charge in [0.15, 0.2) is 0 Å². The standard InChI is InChI=1S/C12H18O3/c13-2-1-12(15)9-3-8-4-10(12)7-11(14,5-8)6-9/h2,8-10,14-15H,1,3-7H2. The minimum Gasteiger partial charge on any atom is -0.390 e. The molecule has 0 aliphatic heterocycles. The molecule has 3 nitrogen and oxygen atoms in total. The van der Waals surface area contributed by atoms with Gasteiger partial charge in [-0.1, -0.05) is 0 Å². The van der Waals surface area contributed by atoms with Gasteiger partial charge in [0.2, 0.25) is 0 Å². The number of carbonyl (C=O) groups excluding carboxylic acids is 1. The van der Waals surface area contributed by atoms with Gasteiger partial charge in [0.25, 0.3) is 0 Å². The maximum atomic E-state index is 10.7. The zero-order valence-electron chi connectivity index (χ0n) is 8.85. The Morgan fingerprint density at radius 3 is 2.20 bits per heavy atom. The van der Waals surface area contributed by atoms with Gasteiger partial charge >= 0.3 is 0 Å². The van der Waals surface area contributed by atoms with E-state index in [1.54, 1.807) is 0 Å². The first-order valence-corrected chi connectivity index (χ1v) is 5.94. The molecule has 4 rings (SSSR count). The molecule has 0 aromatic rings. The molecule has 84 valence electrons. The molecule has 4 bridgehead atoms. The Labute approximate surface area is 89.5 Å². The minimum atomic E-state index is -0.801. The monoisotopic (exact) mass is 210 g/mol. The molecule has 3 heteroatoms. The van der Waals surface area contributed by atoms with Crippen molar-refractivity contribution in [3.8, 4) is 0 Å². The number of hydrogen-bond donors (Lipinski definition) is 2. The minimum absolute atomic E-state index is 0.152. The quantitative estimate of drug-likeness (QED) is 0.665. The molecule has 2 unspecified atom stereocenters. The van der Waals surface area contributed by atoms with Crippen LogP contribution in [0.3, 0.4) is 0 Å². The van der Waals surface area contributed by atoms with Crippen LogP contribution in [0.25, 0.3) is 0 Å². The molecule has 4 fully saturated rings. The molecule has 2 atom stereocenters. The molecular weight excluding hydrogens is 192 g/mol. The van der Waals surface area contributed by atoms with Crippen molar-refractivity contribution in [2.75, 3.05) is 0 Å². The lowest BCUT2D eigenvalue weighted by atomic mass is 9.48. The van der Waals surface area contributed by atoms with Gasteiger partial charge in [-0.15, -0.1) is 0 Å². The van der Waals surface area contributed by atoms with E-state index in [4.69, 9.17) is 0 Å². The molecule has 0 amide bonds. The van der Waals surface area contributed by atoms with Crippen molar-refractivity contribution < 1.29 is 15.0 Å². The summed E-state index contributed by atoms with van der Waals surface area (Å²) in [6.45, 7) is 0. The maximum Gasteiger partial charge on any atom is 0.122 e. The summed E-state index contributed by atoms with van der Waals surface area (Å²) >= 11 is 0. The highest BCUT2D eigenvalue weighted by Gasteiger charge is 2.60. The molecule has 2 N–H and O–H groups in total. The van der Waals surface area contributed by atoms with Crippen LogP contribution in [0.15, 0.2) is 0 Å². The van der Waals surface area contributed by atoms with E-state index < -0.39 is 11.2 Å². The van der Waals surface area contributed by atoms with Gasteiger partial charge in [0.05, 0.1) is 11.2 Å². The van der Waals surface area contributed by atoms with Gasteiger partial charge in [-0.05, 0) is 49.9 Å². The number of aliphatic hydroxyl groups is 2. The molecule has 0 aromatic carbocycles. The van der Waals surface area contributed by atoms with Crippen LogP contribution in [0.1, 0.15) is 38.5 Å². The van der Waals surface area contributed by atoms with E-state index in [0.29, 0.717) is 18.8 Å². The first-order chi connectivity index (χ1) is 7.06. The van der Waals surface area contributed by atoms with E-state index in [2.05, 4.69) is 0 Å². The van der Waals surface area contributed by atoms with E-state index in [0.717, 1.165) is 25.5 Å². The highest BCUT2D eigenvalue weighted by molar-refractivity contribution is 5.52. The third-order valence-corrected chi connectivity index (χ3v) is 4.98. The van der Waals surface area contributed by atoms with Crippen LogP contribution in [0, 0.1) is 17.8 Å². The lowest BCUT2D eigenvalue weighted by molar-refractivity contribution is -0.226. The van der Waals surface area contributed by atoms with E-state index in [-0.39, 0.29) is 18.3 Å². The summed E-state index contributed by atoms with van der Waals surface area (Å²) in [6, 6.07) is 0. The Morgan fingerprint density at radius 1 is 1.13 bits per heavy atom. The summed E-state index contributed by atoms with van der Waals surface area (Å²) < 4.78 is 0. The second-order valence-electron chi connectivity index (χ2n) is 5.93. The maximum absolute atomic E-state index is 10.7. The second-order valence-corrected chi connectivity index (χ2v) is 5.93. The molecule has 0 saturated heterocycles. The Hall–Kier alpha value is -0.410. The molecule has 0 aromatic heterocycles. The summed E-state index contributed by atoms with van der Waals surface area (Å²) in [5, 5.41) is 20.9. The lowest BCUT2D eigenvalue weighted by Gasteiger charge is -2.61. The van der Waals surface area contributed by atoms with Crippen LogP contribution in [-0.2, 0) is 4.79 Å². The Bertz CT molecular complexity index is 283. The van der Waals surface area contributed by atoms with Crippen LogP contribution in [0.4, 0.5) is 0 Å². The molecule has 4 aliphatic carbocycles. The van der Waals surface area contributed by atoms with Crippen LogP contribution in [0.5, 0.6) is 0 Å². The zero-order valence-corrected chi connectivity index (χ0v) is 8.85. The topological polar surface area (TPSA) is 57.5 Å². The summed E-state index contributed by atoms with van der Waals surface area (Å²) in [7, 11) is 0. The number of hydrogen-bond acceptors (Lipinski definition) is 3. The van der Waals surface area contributed by atoms with Gasteiger partial charge in [-0.2, -0.15) is 0 Å². The van der Waals surface area contributed by atoms with Crippen LogP contribution in [0.2, 0.25) is 0 Å². The molecule has 0 heterocycles. The molecule has 0 spiro atoms. The van der Waals surface area contributed by atoms with Crippen molar-refractivity contribution in [3.05, 3.63) is 0 Å². The highest BCUT2D eigenvalue weighted by Crippen LogP contribution is 2.60. The molecule has 15 heavy (non-hydrogen) atoms. The summed E-state index contributed by atoms with van der Waals surface area (Å²) in [5.41, 5.74) is -1.32. The van der Waals surface area contributed by atoms with Gasteiger partial charge < -0.3 is 15.0 Å². The average molecular weight is 210 g/mol. The van der Waals surface area contributed by atoms with Crippen molar-refractivity contribution in [2.45, 2.75) is 49.7 Å². The molecule has 0 radical (unpaired) electrons. The van der Waals surface area contributed by atoms with Gasteiger partial charge in [0.1, 0.15) is 6.29 Å². The van der Waals surface area contributed by atoms with Gasteiger partial charge in [0, 0.05) is 6.42 Å². The fraction of sp³-hybridized carbons (Fsp3) is 0.917. The Balaban J connectivity index is 1.93. The van der Waals surface area contributed by atoms with E-state index in [9.17, 15) is 15.0 Å². The third-order valence-electron chi connectivity index (χ3n) is 4.98. The number of rotatable bonds is 2. The number of carbonyl (C=O) groups is 1. The molecular formula is C12H18O3. The van der Waals surface area contributed by atoms with Gasteiger partial charge in [-0.25, -0.2) is 0 Å². The molecule has 4 saturated carbocycles. The van der Waals surface area contributed by atoms with Crippen LogP contribution in [-0.4, -0.2) is 27.7 Å². The first-order valence-electron chi connectivity index (χ1n) is 5.94. The summed E-state index contributed by atoms with van der Waals surface area (Å²) in [4.78, 5) is 10.7. The SMILES string of the molecule is O=CCC1(O)C2CC3CC1CC(O)(C3)C2. The molecule has 4 aliphatic rings. The second kappa shape index (κ2) is 2.83. The predicted molar refractivity (Wildman–Crippen MR) is 54.1 cm³/mol. The fourth-order valence-electron chi connectivity index (χ4n) is 4.50. The lowest BCUT2D eigenvalue weighted by Crippen LogP contribution is -2.63. The van der Waals surface area contributed by atoms with E-state index >= 15 is 0 Å². The predicted octanol–water partition coefficient (Wildman–Crippen LogP) is 0.877. The number of aldehydes is 1. The zero-order chi connectivity index (χ0) is 10.7. The largest absolute Gasteiger partial charge is 0.390 e. The van der Waals surface area contributed by atoms with Crippen LogP contribution < -0.4 is 0 Å². The van der Waals surface area contributed by atoms with Crippen molar-refractivity contribution in [3.63, 3.8) is 0 Å². The Kier molecular flexibility index (Phi) is 1.85. The first kappa shape index (κ1) is 9.79. The smallest absolute Gasteiger partial charge is 0.122 e. The van der Waals surface area contributed by atoms with E-state index in [1.165, 1.54) is 0 Å². The highest BCUT2D eigenvalue weighted by atomic mass is 16.3. The van der Waals surface area contributed by atoms with Crippen LogP contribution >= 0.6 is 0 Å². The Morgan fingerprint density at radius 2 is 1.73 bits per heavy atom. The van der Waals surface area contributed by atoms with Crippen molar-refractivity contribution in [1.29, 1.82) is 0 Å². The van der Waals surface area contributed by atoms with E-state index in [1.807, 2.05) is 0 Å².